The van der Waals surface area contributed by atoms with Crippen molar-refractivity contribution in [2.45, 2.75) is 6.42 Å². The summed E-state index contributed by atoms with van der Waals surface area (Å²) in [6.45, 7) is 2.09. The standard InChI is InChI=1S/C10H13N5O/c1-15-3-2-8(13-15)10-12-9(16-14-10)4-7-5-11-6-7/h2-3,7,11H,4-6H2,1H3. The fourth-order valence-corrected chi connectivity index (χ4v) is 1.72. The van der Waals surface area contributed by atoms with Gasteiger partial charge in [-0.1, -0.05) is 5.16 Å². The first-order valence-corrected chi connectivity index (χ1v) is 5.34. The summed E-state index contributed by atoms with van der Waals surface area (Å²) < 4.78 is 6.92. The number of hydrogen-bond donors (Lipinski definition) is 1. The van der Waals surface area contributed by atoms with Crippen molar-refractivity contribution in [1.82, 2.24) is 25.2 Å². The zero-order chi connectivity index (χ0) is 11.0. The molecule has 0 radical (unpaired) electrons. The molecule has 3 rings (SSSR count). The molecule has 16 heavy (non-hydrogen) atoms. The highest BCUT2D eigenvalue weighted by molar-refractivity contribution is 5.46. The van der Waals surface area contributed by atoms with Crippen molar-refractivity contribution in [3.05, 3.63) is 18.2 Å². The maximum Gasteiger partial charge on any atom is 0.227 e. The second kappa shape index (κ2) is 3.71. The van der Waals surface area contributed by atoms with Gasteiger partial charge in [0.1, 0.15) is 5.69 Å². The Labute approximate surface area is 92.6 Å². The Morgan fingerprint density at radius 2 is 2.44 bits per heavy atom. The number of hydrogen-bond acceptors (Lipinski definition) is 5. The minimum absolute atomic E-state index is 0.572. The SMILES string of the molecule is Cn1ccc(-c2noc(CC3CNC3)n2)n1. The van der Waals surface area contributed by atoms with Crippen LogP contribution in [-0.2, 0) is 13.5 Å². The molecule has 1 fully saturated rings. The van der Waals surface area contributed by atoms with E-state index in [0.717, 1.165) is 25.2 Å². The molecule has 1 aliphatic heterocycles. The summed E-state index contributed by atoms with van der Waals surface area (Å²) in [5.41, 5.74) is 0.754. The largest absolute Gasteiger partial charge is 0.339 e. The lowest BCUT2D eigenvalue weighted by Gasteiger charge is -2.25. The van der Waals surface area contributed by atoms with Crippen molar-refractivity contribution in [3.63, 3.8) is 0 Å². The Hall–Kier alpha value is -1.69. The number of aryl methyl sites for hydroxylation is 1. The lowest BCUT2D eigenvalue weighted by atomic mass is 10.00. The number of nitrogens with one attached hydrogen (secondary N) is 1. The molecule has 2 aromatic heterocycles. The molecule has 0 atom stereocenters. The Kier molecular flexibility index (Phi) is 2.21. The summed E-state index contributed by atoms with van der Waals surface area (Å²) in [4.78, 5) is 4.33. The van der Waals surface area contributed by atoms with Crippen LogP contribution in [0.15, 0.2) is 16.8 Å². The van der Waals surface area contributed by atoms with Crippen LogP contribution < -0.4 is 5.32 Å². The second-order valence-corrected chi connectivity index (χ2v) is 4.11. The highest BCUT2D eigenvalue weighted by Gasteiger charge is 2.20. The van der Waals surface area contributed by atoms with Gasteiger partial charge in [0.2, 0.25) is 11.7 Å². The third-order valence-corrected chi connectivity index (χ3v) is 2.74. The smallest absolute Gasteiger partial charge is 0.227 e. The summed E-state index contributed by atoms with van der Waals surface area (Å²) in [6.07, 6.45) is 2.72. The predicted molar refractivity (Wildman–Crippen MR) is 56.6 cm³/mol. The first kappa shape index (κ1) is 9.53. The number of aromatic nitrogens is 4. The molecule has 1 aliphatic rings. The van der Waals surface area contributed by atoms with E-state index in [4.69, 9.17) is 4.52 Å². The third-order valence-electron chi connectivity index (χ3n) is 2.74. The van der Waals surface area contributed by atoms with Gasteiger partial charge in [-0.25, -0.2) is 0 Å². The van der Waals surface area contributed by atoms with Gasteiger partial charge in [-0.15, -0.1) is 0 Å². The first-order chi connectivity index (χ1) is 7.81. The van der Waals surface area contributed by atoms with Crippen molar-refractivity contribution in [1.29, 1.82) is 0 Å². The van der Waals surface area contributed by atoms with Crippen molar-refractivity contribution >= 4 is 0 Å². The molecule has 0 aromatic carbocycles. The Morgan fingerprint density at radius 1 is 1.56 bits per heavy atom. The molecule has 0 bridgehead atoms. The minimum Gasteiger partial charge on any atom is -0.339 e. The van der Waals surface area contributed by atoms with E-state index in [1.165, 1.54) is 0 Å². The highest BCUT2D eigenvalue weighted by atomic mass is 16.5. The fraction of sp³-hybridized carbons (Fsp3) is 0.500. The van der Waals surface area contributed by atoms with Crippen molar-refractivity contribution < 1.29 is 4.52 Å². The number of nitrogens with zero attached hydrogens (tertiary/aromatic N) is 4. The van der Waals surface area contributed by atoms with Gasteiger partial charge in [-0.05, 0) is 25.1 Å². The highest BCUT2D eigenvalue weighted by Crippen LogP contribution is 2.15. The zero-order valence-electron chi connectivity index (χ0n) is 9.05. The second-order valence-electron chi connectivity index (χ2n) is 4.11. The summed E-state index contributed by atoms with van der Waals surface area (Å²) in [6, 6.07) is 1.87. The average Bonchev–Trinajstić information content (AvgIpc) is 2.80. The van der Waals surface area contributed by atoms with Gasteiger partial charge in [0.05, 0.1) is 0 Å². The van der Waals surface area contributed by atoms with E-state index < -0.39 is 0 Å². The monoisotopic (exact) mass is 219 g/mol. The maximum atomic E-state index is 5.20. The van der Waals surface area contributed by atoms with Crippen LogP contribution in [0.3, 0.4) is 0 Å². The molecule has 0 aliphatic carbocycles. The van der Waals surface area contributed by atoms with Crippen molar-refractivity contribution in [3.8, 4) is 11.5 Å². The Balaban J connectivity index is 1.76. The summed E-state index contributed by atoms with van der Waals surface area (Å²) in [5, 5.41) is 11.4. The molecular formula is C10H13N5O. The van der Waals surface area contributed by atoms with E-state index in [1.807, 2.05) is 19.3 Å². The van der Waals surface area contributed by atoms with E-state index in [2.05, 4.69) is 20.6 Å². The maximum absolute atomic E-state index is 5.20. The molecule has 0 saturated carbocycles. The minimum atomic E-state index is 0.572. The fourth-order valence-electron chi connectivity index (χ4n) is 1.72. The predicted octanol–water partition coefficient (Wildman–Crippen LogP) is 0.232. The molecule has 0 amide bonds. The summed E-state index contributed by atoms with van der Waals surface area (Å²) >= 11 is 0. The van der Waals surface area contributed by atoms with Crippen LogP contribution in [0.1, 0.15) is 5.89 Å². The zero-order valence-corrected chi connectivity index (χ0v) is 9.05. The molecule has 3 heterocycles. The van der Waals surface area contributed by atoms with E-state index in [0.29, 0.717) is 17.6 Å². The molecule has 0 spiro atoms. The van der Waals surface area contributed by atoms with Crippen molar-refractivity contribution in [2.24, 2.45) is 13.0 Å². The quantitative estimate of drug-likeness (QED) is 0.800. The van der Waals surface area contributed by atoms with Crippen LogP contribution in [-0.4, -0.2) is 33.0 Å². The number of rotatable bonds is 3. The Bertz CT molecular complexity index is 485. The van der Waals surface area contributed by atoms with E-state index in [1.54, 1.807) is 4.68 Å². The molecule has 0 unspecified atom stereocenters. The first-order valence-electron chi connectivity index (χ1n) is 5.34. The van der Waals surface area contributed by atoms with E-state index in [-0.39, 0.29) is 0 Å². The van der Waals surface area contributed by atoms with Crippen LogP contribution in [0.25, 0.3) is 11.5 Å². The molecule has 1 saturated heterocycles. The van der Waals surface area contributed by atoms with E-state index >= 15 is 0 Å². The van der Waals surface area contributed by atoms with Gasteiger partial charge in [0.25, 0.3) is 0 Å². The average molecular weight is 219 g/mol. The van der Waals surface area contributed by atoms with Crippen LogP contribution in [0.2, 0.25) is 0 Å². The molecule has 6 heteroatoms. The molecule has 1 N–H and O–H groups in total. The third kappa shape index (κ3) is 1.71. The lowest BCUT2D eigenvalue weighted by Crippen LogP contribution is -2.43. The molecular weight excluding hydrogens is 206 g/mol. The van der Waals surface area contributed by atoms with Crippen LogP contribution in [0.4, 0.5) is 0 Å². The summed E-state index contributed by atoms with van der Waals surface area (Å²) in [5.74, 6) is 1.91. The van der Waals surface area contributed by atoms with Gasteiger partial charge >= 0.3 is 0 Å². The van der Waals surface area contributed by atoms with Gasteiger partial charge in [-0.2, -0.15) is 10.1 Å². The van der Waals surface area contributed by atoms with Crippen LogP contribution >= 0.6 is 0 Å². The topological polar surface area (TPSA) is 68.8 Å². The normalized spacial score (nSPS) is 16.3. The van der Waals surface area contributed by atoms with Gasteiger partial charge < -0.3 is 9.84 Å². The molecule has 2 aromatic rings. The molecule has 6 nitrogen and oxygen atoms in total. The Morgan fingerprint density at radius 3 is 3.06 bits per heavy atom. The van der Waals surface area contributed by atoms with Crippen LogP contribution in [0.5, 0.6) is 0 Å². The van der Waals surface area contributed by atoms with Gasteiger partial charge in [-0.3, -0.25) is 4.68 Å². The van der Waals surface area contributed by atoms with Gasteiger partial charge in [0, 0.05) is 19.7 Å². The van der Waals surface area contributed by atoms with Crippen LogP contribution in [0, 0.1) is 5.92 Å². The lowest BCUT2D eigenvalue weighted by molar-refractivity contribution is 0.296. The van der Waals surface area contributed by atoms with E-state index in [9.17, 15) is 0 Å². The molecule has 84 valence electrons. The summed E-state index contributed by atoms with van der Waals surface area (Å²) in [7, 11) is 1.87. The van der Waals surface area contributed by atoms with Crippen molar-refractivity contribution in [2.75, 3.05) is 13.1 Å². The van der Waals surface area contributed by atoms with Gasteiger partial charge in [0.15, 0.2) is 0 Å².